The van der Waals surface area contributed by atoms with Gasteiger partial charge in [-0.1, -0.05) is 39.0 Å². The number of benzene rings is 2. The van der Waals surface area contributed by atoms with E-state index in [4.69, 9.17) is 0 Å². The first-order valence-corrected chi connectivity index (χ1v) is 10.7. The number of halogens is 3. The van der Waals surface area contributed by atoms with Crippen LogP contribution in [0, 0.1) is 0 Å². The molecular formula is C24H31F3N4O. The second-order valence-electron chi connectivity index (χ2n) is 9.24. The zero-order valence-electron chi connectivity index (χ0n) is 19.0. The monoisotopic (exact) mass is 448 g/mol. The van der Waals surface area contributed by atoms with Gasteiger partial charge in [-0.15, -0.1) is 0 Å². The zero-order valence-corrected chi connectivity index (χ0v) is 19.0. The summed E-state index contributed by atoms with van der Waals surface area (Å²) in [5.74, 6) is 0.635. The maximum Gasteiger partial charge on any atom is 0.416 e. The molecule has 0 aromatic heterocycles. The quantitative estimate of drug-likeness (QED) is 0.397. The first kappa shape index (κ1) is 23.9. The lowest BCUT2D eigenvalue weighted by atomic mass is 9.87. The summed E-state index contributed by atoms with van der Waals surface area (Å²) in [4.78, 5) is 8.90. The molecule has 2 aromatic rings. The van der Waals surface area contributed by atoms with Crippen molar-refractivity contribution in [3.8, 4) is 5.75 Å². The first-order valence-electron chi connectivity index (χ1n) is 10.7. The molecule has 3 rings (SSSR count). The van der Waals surface area contributed by atoms with Crippen molar-refractivity contribution in [2.75, 3.05) is 38.5 Å². The van der Waals surface area contributed by atoms with Gasteiger partial charge in [0, 0.05) is 26.2 Å². The smallest absolute Gasteiger partial charge is 0.416 e. The van der Waals surface area contributed by atoms with Crippen molar-refractivity contribution >= 4 is 11.6 Å². The van der Waals surface area contributed by atoms with E-state index in [-0.39, 0.29) is 17.7 Å². The van der Waals surface area contributed by atoms with E-state index < -0.39 is 11.7 Å². The molecule has 32 heavy (non-hydrogen) atoms. The number of nitrogens with one attached hydrogen (secondary N) is 1. The number of guanidine groups is 1. The third-order valence-corrected chi connectivity index (χ3v) is 5.58. The van der Waals surface area contributed by atoms with Crippen molar-refractivity contribution in [2.45, 2.75) is 38.9 Å². The van der Waals surface area contributed by atoms with Crippen molar-refractivity contribution in [2.24, 2.45) is 4.99 Å². The standard InChI is InChI=1S/C24H31F3N4O/c1-23(2,3)18-8-9-21(32)20(15-18)29-22(31-12-10-30(4)11-13-31)28-16-17-6-5-7-19(14-17)24(25,26)27/h5-9,14-15,32H,10-13,16H2,1-4H3,(H,28,29). The van der Waals surface area contributed by atoms with E-state index in [1.165, 1.54) is 6.07 Å². The number of hydrogen-bond donors (Lipinski definition) is 2. The van der Waals surface area contributed by atoms with E-state index in [0.717, 1.165) is 43.9 Å². The lowest BCUT2D eigenvalue weighted by Gasteiger charge is -2.35. The normalized spacial score (nSPS) is 16.3. The Morgan fingerprint density at radius 3 is 2.31 bits per heavy atom. The van der Waals surface area contributed by atoms with Gasteiger partial charge in [0.2, 0.25) is 0 Å². The van der Waals surface area contributed by atoms with Gasteiger partial charge in [-0.3, -0.25) is 0 Å². The molecule has 5 nitrogen and oxygen atoms in total. The second-order valence-corrected chi connectivity index (χ2v) is 9.24. The van der Waals surface area contributed by atoms with Crippen molar-refractivity contribution in [3.63, 3.8) is 0 Å². The molecule has 1 saturated heterocycles. The zero-order chi connectivity index (χ0) is 23.5. The highest BCUT2D eigenvalue weighted by Gasteiger charge is 2.30. The van der Waals surface area contributed by atoms with Crippen molar-refractivity contribution in [1.82, 2.24) is 9.80 Å². The predicted molar refractivity (Wildman–Crippen MR) is 122 cm³/mol. The molecule has 1 aliphatic rings. The fourth-order valence-corrected chi connectivity index (χ4v) is 3.47. The second kappa shape index (κ2) is 9.40. The Kier molecular flexibility index (Phi) is 7.03. The van der Waals surface area contributed by atoms with E-state index in [9.17, 15) is 18.3 Å². The van der Waals surface area contributed by atoms with Crippen molar-refractivity contribution < 1.29 is 18.3 Å². The lowest BCUT2D eigenvalue weighted by molar-refractivity contribution is -0.137. The van der Waals surface area contributed by atoms with Gasteiger partial charge in [0.1, 0.15) is 5.75 Å². The third kappa shape index (κ3) is 6.16. The SMILES string of the molecule is CN1CCN(C(=NCc2cccc(C(F)(F)F)c2)Nc2cc(C(C)(C)C)ccc2O)CC1. The van der Waals surface area contributed by atoms with Crippen LogP contribution in [0.25, 0.3) is 0 Å². The van der Waals surface area contributed by atoms with E-state index in [0.29, 0.717) is 17.2 Å². The Morgan fingerprint density at radius 1 is 1.00 bits per heavy atom. The van der Waals surface area contributed by atoms with Gasteiger partial charge in [0.15, 0.2) is 5.96 Å². The van der Waals surface area contributed by atoms with Crippen LogP contribution in [0.1, 0.15) is 37.5 Å². The summed E-state index contributed by atoms with van der Waals surface area (Å²) < 4.78 is 39.2. The number of aliphatic imine (C=N–C) groups is 1. The van der Waals surface area contributed by atoms with Crippen molar-refractivity contribution in [1.29, 1.82) is 0 Å². The van der Waals surface area contributed by atoms with Crippen LogP contribution in [0.2, 0.25) is 0 Å². The maximum atomic E-state index is 13.1. The summed E-state index contributed by atoms with van der Waals surface area (Å²) in [6.07, 6.45) is -4.39. The summed E-state index contributed by atoms with van der Waals surface area (Å²) in [5.41, 5.74) is 1.26. The molecule has 0 spiro atoms. The number of rotatable bonds is 3. The summed E-state index contributed by atoms with van der Waals surface area (Å²) >= 11 is 0. The highest BCUT2D eigenvalue weighted by molar-refractivity contribution is 5.95. The molecule has 0 atom stereocenters. The van der Waals surface area contributed by atoms with Crippen LogP contribution in [0.5, 0.6) is 5.75 Å². The van der Waals surface area contributed by atoms with Crippen LogP contribution in [-0.4, -0.2) is 54.1 Å². The molecule has 2 aromatic carbocycles. The summed E-state index contributed by atoms with van der Waals surface area (Å²) in [6.45, 7) is 9.51. The van der Waals surface area contributed by atoms with Gasteiger partial charge in [0.05, 0.1) is 17.8 Å². The molecule has 1 fully saturated rings. The Bertz CT molecular complexity index is 958. The Labute approximate surface area is 187 Å². The van der Waals surface area contributed by atoms with E-state index in [1.54, 1.807) is 12.1 Å². The number of anilines is 1. The van der Waals surface area contributed by atoms with Crippen LogP contribution < -0.4 is 5.32 Å². The minimum Gasteiger partial charge on any atom is -0.506 e. The number of likely N-dealkylation sites (N-methyl/N-ethyl adjacent to an activating group) is 1. The van der Waals surface area contributed by atoms with Crippen LogP contribution in [0.15, 0.2) is 47.5 Å². The number of piperazine rings is 1. The van der Waals surface area contributed by atoms with Gasteiger partial charge in [0.25, 0.3) is 0 Å². The molecule has 0 radical (unpaired) electrons. The van der Waals surface area contributed by atoms with Gasteiger partial charge in [-0.25, -0.2) is 4.99 Å². The highest BCUT2D eigenvalue weighted by Crippen LogP contribution is 2.31. The molecule has 0 aliphatic carbocycles. The van der Waals surface area contributed by atoms with E-state index >= 15 is 0 Å². The summed E-state index contributed by atoms with van der Waals surface area (Å²) in [5, 5.41) is 13.7. The molecule has 174 valence electrons. The molecule has 1 heterocycles. The summed E-state index contributed by atoms with van der Waals surface area (Å²) in [7, 11) is 2.04. The van der Waals surface area contributed by atoms with Gasteiger partial charge in [-0.2, -0.15) is 13.2 Å². The van der Waals surface area contributed by atoms with Gasteiger partial charge >= 0.3 is 6.18 Å². The van der Waals surface area contributed by atoms with Gasteiger partial charge < -0.3 is 20.2 Å². The highest BCUT2D eigenvalue weighted by atomic mass is 19.4. The molecule has 2 N–H and O–H groups in total. The van der Waals surface area contributed by atoms with Gasteiger partial charge in [-0.05, 0) is 47.9 Å². The molecule has 0 amide bonds. The number of phenols is 1. The maximum absolute atomic E-state index is 13.1. The Morgan fingerprint density at radius 2 is 1.69 bits per heavy atom. The molecule has 0 saturated carbocycles. The van der Waals surface area contributed by atoms with Crippen molar-refractivity contribution in [3.05, 3.63) is 59.2 Å². The molecule has 1 aliphatic heterocycles. The first-order chi connectivity index (χ1) is 14.9. The Balaban J connectivity index is 1.90. The largest absolute Gasteiger partial charge is 0.506 e. The molecule has 0 unspecified atom stereocenters. The topological polar surface area (TPSA) is 51.1 Å². The average molecular weight is 449 g/mol. The lowest BCUT2D eigenvalue weighted by Crippen LogP contribution is -2.49. The molecular weight excluding hydrogens is 417 g/mol. The van der Waals surface area contributed by atoms with Crippen LogP contribution >= 0.6 is 0 Å². The average Bonchev–Trinajstić information content (AvgIpc) is 2.72. The fraction of sp³-hybridized carbons (Fsp3) is 0.458. The number of alkyl halides is 3. The fourth-order valence-electron chi connectivity index (χ4n) is 3.47. The number of nitrogens with zero attached hydrogens (tertiary/aromatic N) is 3. The van der Waals surface area contributed by atoms with E-state index in [2.05, 4.69) is 40.9 Å². The number of aromatic hydroxyl groups is 1. The van der Waals surface area contributed by atoms with Crippen LogP contribution in [0.3, 0.4) is 0 Å². The van der Waals surface area contributed by atoms with Crippen LogP contribution in [0.4, 0.5) is 18.9 Å². The minimum atomic E-state index is -4.39. The summed E-state index contributed by atoms with van der Waals surface area (Å²) in [6, 6.07) is 10.7. The predicted octanol–water partition coefficient (Wildman–Crippen LogP) is 4.92. The molecule has 0 bridgehead atoms. The van der Waals surface area contributed by atoms with E-state index in [1.807, 2.05) is 19.2 Å². The van der Waals surface area contributed by atoms with Crippen LogP contribution in [-0.2, 0) is 18.1 Å². The third-order valence-electron chi connectivity index (χ3n) is 5.58. The molecule has 8 heteroatoms. The number of phenolic OH excluding ortho intramolecular Hbond substituents is 1. The minimum absolute atomic E-state index is 0.0956. The Hall–Kier alpha value is -2.74. The number of hydrogen-bond acceptors (Lipinski definition) is 3.